The lowest BCUT2D eigenvalue weighted by atomic mass is 10.2. The van der Waals surface area contributed by atoms with Crippen molar-refractivity contribution in [2.24, 2.45) is 7.05 Å². The number of pyridine rings is 1. The molecule has 0 aliphatic rings. The van der Waals surface area contributed by atoms with Crippen molar-refractivity contribution in [2.75, 3.05) is 31.4 Å². The van der Waals surface area contributed by atoms with Crippen LogP contribution < -0.4 is 20.1 Å². The van der Waals surface area contributed by atoms with E-state index in [0.717, 1.165) is 33.7 Å². The Morgan fingerprint density at radius 1 is 0.946 bits per heavy atom. The topological polar surface area (TPSA) is 104 Å². The number of aryl methyl sites for hydroxylation is 1. The summed E-state index contributed by atoms with van der Waals surface area (Å²) in [4.78, 5) is 15.8. The van der Waals surface area contributed by atoms with Crippen LogP contribution in [0.5, 0.6) is 11.5 Å². The summed E-state index contributed by atoms with van der Waals surface area (Å²) in [5, 5.41) is 4.24. The molecule has 0 unspecified atom stereocenters. The molecule has 9 nitrogen and oxygen atoms in total. The molecule has 0 radical (unpaired) electrons. The largest absolute Gasteiger partial charge is 0.497 e. The molecule has 0 aliphatic carbocycles. The first-order chi connectivity index (χ1) is 18.0. The molecule has 37 heavy (non-hydrogen) atoms. The van der Waals surface area contributed by atoms with Gasteiger partial charge in [0, 0.05) is 54.6 Å². The predicted octanol–water partition coefficient (Wildman–Crippen LogP) is 4.21. The Hall–Kier alpha value is -5.10. The number of nitrogens with zero attached hydrogens (tertiary/aromatic N) is 6. The van der Waals surface area contributed by atoms with E-state index in [1.807, 2.05) is 49.6 Å². The lowest BCUT2D eigenvalue weighted by Crippen LogP contribution is -2.17. The molecule has 2 N–H and O–H groups in total. The van der Waals surface area contributed by atoms with Crippen LogP contribution in [0.1, 0.15) is 5.69 Å². The van der Waals surface area contributed by atoms with Crippen molar-refractivity contribution in [3.8, 4) is 34.6 Å². The summed E-state index contributed by atoms with van der Waals surface area (Å²) in [6.45, 7) is 0.355. The van der Waals surface area contributed by atoms with Gasteiger partial charge in [0.15, 0.2) is 0 Å². The highest BCUT2D eigenvalue weighted by Crippen LogP contribution is 2.34. The first-order valence-corrected chi connectivity index (χ1v) is 11.5. The number of hydrogen-bond acceptors (Lipinski definition) is 8. The molecule has 3 heterocycles. The van der Waals surface area contributed by atoms with Crippen LogP contribution in [-0.4, -0.2) is 45.5 Å². The predicted molar refractivity (Wildman–Crippen MR) is 144 cm³/mol. The van der Waals surface area contributed by atoms with E-state index in [4.69, 9.17) is 20.2 Å². The quantitative estimate of drug-likeness (QED) is 0.352. The van der Waals surface area contributed by atoms with Crippen LogP contribution in [0.4, 0.5) is 17.1 Å². The summed E-state index contributed by atoms with van der Waals surface area (Å²) in [7, 11) is 5.12. The van der Waals surface area contributed by atoms with Crippen LogP contribution in [0, 0.1) is 11.8 Å². The van der Waals surface area contributed by atoms with Gasteiger partial charge in [0.1, 0.15) is 17.2 Å². The standard InChI is InChI=1S/C28H25N7O2/c1-34-18-19(16-32-34)28-17-31-26-9-8-20(14-27(26)33-28)35(11-5-7-25-24(29)6-4-10-30-25)21-12-22(36-2)15-23(13-21)37-3/h4,6,8-10,12-18H,11,29H2,1-3H3. The minimum Gasteiger partial charge on any atom is -0.497 e. The molecule has 0 saturated carbocycles. The molecule has 9 heteroatoms. The van der Waals surface area contributed by atoms with Gasteiger partial charge in [0.2, 0.25) is 0 Å². The van der Waals surface area contributed by atoms with Crippen molar-refractivity contribution in [3.63, 3.8) is 0 Å². The summed E-state index contributed by atoms with van der Waals surface area (Å²) in [6.07, 6.45) is 7.11. The van der Waals surface area contributed by atoms with Crippen LogP contribution >= 0.6 is 0 Å². The second-order valence-electron chi connectivity index (χ2n) is 8.23. The summed E-state index contributed by atoms with van der Waals surface area (Å²) in [5.74, 6) is 7.62. The van der Waals surface area contributed by atoms with Crippen molar-refractivity contribution < 1.29 is 9.47 Å². The molecule has 0 amide bonds. The van der Waals surface area contributed by atoms with Crippen LogP contribution in [-0.2, 0) is 7.05 Å². The Balaban J connectivity index is 1.59. The normalized spacial score (nSPS) is 10.6. The first kappa shape index (κ1) is 23.6. The highest BCUT2D eigenvalue weighted by Gasteiger charge is 2.14. The molecule has 0 spiro atoms. The van der Waals surface area contributed by atoms with Crippen molar-refractivity contribution >= 4 is 28.1 Å². The Labute approximate surface area is 214 Å². The highest BCUT2D eigenvalue weighted by molar-refractivity contribution is 5.83. The molecule has 2 aromatic carbocycles. The van der Waals surface area contributed by atoms with E-state index in [-0.39, 0.29) is 0 Å². The van der Waals surface area contributed by atoms with E-state index in [1.165, 1.54) is 0 Å². The van der Waals surface area contributed by atoms with Crippen molar-refractivity contribution in [3.05, 3.63) is 79.0 Å². The third kappa shape index (κ3) is 5.13. The monoisotopic (exact) mass is 491 g/mol. The Morgan fingerprint density at radius 3 is 2.46 bits per heavy atom. The number of aromatic nitrogens is 5. The maximum Gasteiger partial charge on any atom is 0.136 e. The van der Waals surface area contributed by atoms with Crippen LogP contribution in [0.15, 0.2) is 73.3 Å². The summed E-state index contributed by atoms with van der Waals surface area (Å²) < 4.78 is 12.8. The molecule has 0 atom stereocenters. The molecule has 0 saturated heterocycles. The summed E-state index contributed by atoms with van der Waals surface area (Å²) in [6, 6.07) is 15.2. The average Bonchev–Trinajstić information content (AvgIpc) is 3.37. The van der Waals surface area contributed by atoms with Gasteiger partial charge < -0.3 is 20.1 Å². The molecule has 0 aliphatic heterocycles. The fourth-order valence-electron chi connectivity index (χ4n) is 3.86. The van der Waals surface area contributed by atoms with Gasteiger partial charge in [0.25, 0.3) is 0 Å². The van der Waals surface area contributed by atoms with Crippen LogP contribution in [0.2, 0.25) is 0 Å². The van der Waals surface area contributed by atoms with E-state index in [1.54, 1.807) is 49.6 Å². The Bertz CT molecular complexity index is 1610. The van der Waals surface area contributed by atoms with Gasteiger partial charge in [-0.2, -0.15) is 5.10 Å². The fourth-order valence-corrected chi connectivity index (χ4v) is 3.86. The SMILES string of the molecule is COc1cc(OC)cc(N(CC#Cc2ncccc2N)c2ccc3ncc(-c4cnn(C)c4)nc3c2)c1. The maximum absolute atomic E-state index is 6.03. The van der Waals surface area contributed by atoms with Crippen molar-refractivity contribution in [1.29, 1.82) is 0 Å². The van der Waals surface area contributed by atoms with Crippen molar-refractivity contribution in [2.45, 2.75) is 0 Å². The van der Waals surface area contributed by atoms with Gasteiger partial charge in [-0.15, -0.1) is 0 Å². The first-order valence-electron chi connectivity index (χ1n) is 11.5. The van der Waals surface area contributed by atoms with Crippen LogP contribution in [0.25, 0.3) is 22.3 Å². The van der Waals surface area contributed by atoms with E-state index in [9.17, 15) is 0 Å². The van der Waals surface area contributed by atoms with Crippen molar-refractivity contribution in [1.82, 2.24) is 24.7 Å². The summed E-state index contributed by atoms with van der Waals surface area (Å²) in [5.41, 5.74) is 12.0. The van der Waals surface area contributed by atoms with Crippen LogP contribution in [0.3, 0.4) is 0 Å². The second kappa shape index (κ2) is 10.3. The Morgan fingerprint density at radius 2 is 1.76 bits per heavy atom. The zero-order valence-electron chi connectivity index (χ0n) is 20.7. The number of anilines is 3. The number of nitrogens with two attached hydrogens (primary N) is 1. The molecule has 5 aromatic rings. The third-order valence-electron chi connectivity index (χ3n) is 5.77. The molecule has 0 bridgehead atoms. The zero-order chi connectivity index (χ0) is 25.8. The van der Waals surface area contributed by atoms with E-state index < -0.39 is 0 Å². The zero-order valence-corrected chi connectivity index (χ0v) is 20.7. The lowest BCUT2D eigenvalue weighted by molar-refractivity contribution is 0.394. The lowest BCUT2D eigenvalue weighted by Gasteiger charge is -2.24. The van der Waals surface area contributed by atoms with E-state index >= 15 is 0 Å². The minimum absolute atomic E-state index is 0.355. The second-order valence-corrected chi connectivity index (χ2v) is 8.23. The molecule has 0 fully saturated rings. The molecular weight excluding hydrogens is 466 g/mol. The smallest absolute Gasteiger partial charge is 0.136 e. The van der Waals surface area contributed by atoms with Gasteiger partial charge in [-0.1, -0.05) is 5.92 Å². The minimum atomic E-state index is 0.355. The Kier molecular flexibility index (Phi) is 6.55. The molecular formula is C28H25N7O2. The van der Waals surface area contributed by atoms with Gasteiger partial charge in [-0.25, -0.2) is 9.97 Å². The number of ether oxygens (including phenoxy) is 2. The molecule has 184 valence electrons. The number of hydrogen-bond donors (Lipinski definition) is 1. The molecule has 5 rings (SSSR count). The van der Waals surface area contributed by atoms with Gasteiger partial charge in [0.05, 0.1) is 55.6 Å². The number of rotatable bonds is 6. The average molecular weight is 492 g/mol. The van der Waals surface area contributed by atoms with E-state index in [0.29, 0.717) is 29.4 Å². The fraction of sp³-hybridized carbons (Fsp3) is 0.143. The van der Waals surface area contributed by atoms with E-state index in [2.05, 4.69) is 31.8 Å². The van der Waals surface area contributed by atoms with Gasteiger partial charge >= 0.3 is 0 Å². The van der Waals surface area contributed by atoms with Gasteiger partial charge in [-0.05, 0) is 36.3 Å². The summed E-state index contributed by atoms with van der Waals surface area (Å²) >= 11 is 0. The number of nitrogen functional groups attached to an aromatic ring is 1. The third-order valence-corrected chi connectivity index (χ3v) is 5.77. The highest BCUT2D eigenvalue weighted by atomic mass is 16.5. The number of fused-ring (bicyclic) bond motifs is 1. The maximum atomic E-state index is 6.03. The number of benzene rings is 2. The number of methoxy groups -OCH3 is 2. The van der Waals surface area contributed by atoms with Gasteiger partial charge in [-0.3, -0.25) is 9.67 Å². The molecule has 3 aromatic heterocycles.